The maximum Gasteiger partial charge on any atom is 0.238 e. The summed E-state index contributed by atoms with van der Waals surface area (Å²) in [5.74, 6) is 1.57. The van der Waals surface area contributed by atoms with E-state index in [4.69, 9.17) is 4.74 Å². The third-order valence-electron chi connectivity index (χ3n) is 4.48. The molecule has 0 unspecified atom stereocenters. The van der Waals surface area contributed by atoms with Crippen molar-refractivity contribution in [2.45, 2.75) is 33.4 Å². The third-order valence-corrected chi connectivity index (χ3v) is 4.48. The molecule has 0 spiro atoms. The number of nitrogens with zero attached hydrogens (tertiary/aromatic N) is 2. The van der Waals surface area contributed by atoms with E-state index in [1.54, 1.807) is 7.05 Å². The molecule has 0 aliphatic rings. The van der Waals surface area contributed by atoms with Crippen molar-refractivity contribution in [3.63, 3.8) is 0 Å². The fraction of sp³-hybridized carbons (Fsp3) is 0.417. The molecular formula is C24H36IN5O2. The van der Waals surface area contributed by atoms with E-state index in [0.717, 1.165) is 29.0 Å². The van der Waals surface area contributed by atoms with Gasteiger partial charge in [0.2, 0.25) is 5.91 Å². The Balaban J connectivity index is 0.00000512. The van der Waals surface area contributed by atoms with Gasteiger partial charge < -0.3 is 25.6 Å². The van der Waals surface area contributed by atoms with Crippen molar-refractivity contribution < 1.29 is 9.53 Å². The zero-order chi connectivity index (χ0) is 22.6. The maximum atomic E-state index is 12.0. The second kappa shape index (κ2) is 14.7. The second-order valence-corrected chi connectivity index (χ2v) is 7.73. The van der Waals surface area contributed by atoms with E-state index in [2.05, 4.69) is 53.0 Å². The van der Waals surface area contributed by atoms with Gasteiger partial charge in [-0.3, -0.25) is 9.79 Å². The molecule has 0 aliphatic carbocycles. The van der Waals surface area contributed by atoms with Gasteiger partial charge in [0.1, 0.15) is 5.75 Å². The highest BCUT2D eigenvalue weighted by Crippen LogP contribution is 2.20. The fourth-order valence-electron chi connectivity index (χ4n) is 2.99. The lowest BCUT2D eigenvalue weighted by Gasteiger charge is -2.16. The summed E-state index contributed by atoms with van der Waals surface area (Å²) in [5, 5.41) is 9.59. The summed E-state index contributed by atoms with van der Waals surface area (Å²) < 4.78 is 5.89. The molecule has 2 rings (SSSR count). The number of anilines is 1. The van der Waals surface area contributed by atoms with Crippen LogP contribution in [-0.4, -0.2) is 51.1 Å². The number of halogens is 1. The highest BCUT2D eigenvalue weighted by Gasteiger charge is 2.07. The molecule has 0 radical (unpaired) electrons. The van der Waals surface area contributed by atoms with Crippen LogP contribution in [0.5, 0.6) is 5.75 Å². The smallest absolute Gasteiger partial charge is 0.238 e. The van der Waals surface area contributed by atoms with Gasteiger partial charge in [0.15, 0.2) is 5.96 Å². The highest BCUT2D eigenvalue weighted by molar-refractivity contribution is 14.0. The summed E-state index contributed by atoms with van der Waals surface area (Å²) in [7, 11) is 5.49. The Morgan fingerprint density at radius 3 is 2.53 bits per heavy atom. The Bertz CT molecular complexity index is 886. The van der Waals surface area contributed by atoms with E-state index in [0.29, 0.717) is 32.2 Å². The van der Waals surface area contributed by atoms with Gasteiger partial charge in [-0.05, 0) is 56.8 Å². The molecule has 1 amide bonds. The molecular weight excluding hydrogens is 517 g/mol. The summed E-state index contributed by atoms with van der Waals surface area (Å²) in [4.78, 5) is 18.1. The molecule has 0 aromatic heterocycles. The molecule has 0 bridgehead atoms. The molecule has 0 fully saturated rings. The molecule has 8 heteroatoms. The number of hydrogen-bond acceptors (Lipinski definition) is 4. The quantitative estimate of drug-likeness (QED) is 0.237. The van der Waals surface area contributed by atoms with Gasteiger partial charge in [0, 0.05) is 31.4 Å². The molecule has 0 saturated heterocycles. The van der Waals surface area contributed by atoms with Crippen molar-refractivity contribution in [1.29, 1.82) is 0 Å². The molecule has 7 nitrogen and oxygen atoms in total. The number of aliphatic imine (C=N–C) groups is 1. The summed E-state index contributed by atoms with van der Waals surface area (Å²) >= 11 is 0. The van der Waals surface area contributed by atoms with E-state index >= 15 is 0 Å². The highest BCUT2D eigenvalue weighted by atomic mass is 127. The van der Waals surface area contributed by atoms with E-state index in [9.17, 15) is 4.79 Å². The zero-order valence-corrected chi connectivity index (χ0v) is 22.0. The average Bonchev–Trinajstić information content (AvgIpc) is 2.73. The minimum absolute atomic E-state index is 0. The van der Waals surface area contributed by atoms with Gasteiger partial charge in [-0.15, -0.1) is 24.0 Å². The van der Waals surface area contributed by atoms with Crippen LogP contribution in [0.1, 0.15) is 30.0 Å². The summed E-state index contributed by atoms with van der Waals surface area (Å²) in [6, 6.07) is 14.0. The number of carbonyl (C=O) groups excluding carboxylic acids is 1. The van der Waals surface area contributed by atoms with Crippen molar-refractivity contribution in [2.24, 2.45) is 4.99 Å². The Kier molecular flexibility index (Phi) is 12.7. The monoisotopic (exact) mass is 553 g/mol. The standard InChI is InChI=1S/C24H35N5O2.HI/c1-6-12-31-22-13-18(2)10-11-20(22)16-27-24(25-3)26-15-19-8-7-9-21(14-19)28-23(30)17-29(4)5;/h7-11,13-14H,6,12,15-17H2,1-5H3,(H,28,30)(H2,25,26,27);1H. The SMILES string of the molecule is CCCOc1cc(C)ccc1CNC(=NC)NCc1cccc(NC(=O)CN(C)C)c1.I. The molecule has 176 valence electrons. The number of amides is 1. The largest absolute Gasteiger partial charge is 0.493 e. The van der Waals surface area contributed by atoms with Crippen molar-refractivity contribution in [2.75, 3.05) is 39.6 Å². The maximum absolute atomic E-state index is 12.0. The molecule has 2 aromatic carbocycles. The summed E-state index contributed by atoms with van der Waals surface area (Å²) in [6.45, 7) is 6.41. The Labute approximate surface area is 209 Å². The van der Waals surface area contributed by atoms with Gasteiger partial charge in [0.05, 0.1) is 13.2 Å². The predicted molar refractivity (Wildman–Crippen MR) is 143 cm³/mol. The van der Waals surface area contributed by atoms with Crippen LogP contribution in [0.4, 0.5) is 5.69 Å². The van der Waals surface area contributed by atoms with Crippen LogP contribution in [0.2, 0.25) is 0 Å². The van der Waals surface area contributed by atoms with Gasteiger partial charge in [0.25, 0.3) is 0 Å². The van der Waals surface area contributed by atoms with Gasteiger partial charge in [-0.1, -0.05) is 31.2 Å². The van der Waals surface area contributed by atoms with E-state index < -0.39 is 0 Å². The number of guanidine groups is 1. The Hall–Kier alpha value is -2.33. The number of benzene rings is 2. The van der Waals surface area contributed by atoms with Crippen LogP contribution in [0.25, 0.3) is 0 Å². The normalized spacial score (nSPS) is 11.0. The van der Waals surface area contributed by atoms with Gasteiger partial charge >= 0.3 is 0 Å². The van der Waals surface area contributed by atoms with Crippen molar-refractivity contribution >= 4 is 41.5 Å². The summed E-state index contributed by atoms with van der Waals surface area (Å²) in [6.07, 6.45) is 0.971. The van der Waals surface area contributed by atoms with Crippen LogP contribution in [0.3, 0.4) is 0 Å². The molecule has 32 heavy (non-hydrogen) atoms. The van der Waals surface area contributed by atoms with E-state index in [1.165, 1.54) is 5.56 Å². The molecule has 0 aliphatic heterocycles. The number of likely N-dealkylation sites (N-methyl/N-ethyl adjacent to an activating group) is 1. The number of aryl methyl sites for hydroxylation is 1. The lowest BCUT2D eigenvalue weighted by Crippen LogP contribution is -2.36. The minimum Gasteiger partial charge on any atom is -0.493 e. The van der Waals surface area contributed by atoms with Crippen LogP contribution in [0.15, 0.2) is 47.5 Å². The molecule has 0 atom stereocenters. The molecule has 3 N–H and O–H groups in total. The number of nitrogens with one attached hydrogen (secondary N) is 3. The average molecular weight is 553 g/mol. The first-order chi connectivity index (χ1) is 14.9. The van der Waals surface area contributed by atoms with Gasteiger partial charge in [-0.2, -0.15) is 0 Å². The number of rotatable bonds is 10. The van der Waals surface area contributed by atoms with E-state index in [-0.39, 0.29) is 29.9 Å². The first-order valence-electron chi connectivity index (χ1n) is 10.6. The van der Waals surface area contributed by atoms with Crippen LogP contribution >= 0.6 is 24.0 Å². The van der Waals surface area contributed by atoms with Crippen molar-refractivity contribution in [1.82, 2.24) is 15.5 Å². The Morgan fingerprint density at radius 1 is 1.09 bits per heavy atom. The van der Waals surface area contributed by atoms with Gasteiger partial charge in [-0.25, -0.2) is 0 Å². The Morgan fingerprint density at radius 2 is 1.84 bits per heavy atom. The predicted octanol–water partition coefficient (Wildman–Crippen LogP) is 3.77. The molecule has 2 aromatic rings. The first-order valence-corrected chi connectivity index (χ1v) is 10.6. The lowest BCUT2D eigenvalue weighted by molar-refractivity contribution is -0.116. The number of ether oxygens (including phenoxy) is 1. The van der Waals surface area contributed by atoms with Crippen molar-refractivity contribution in [3.8, 4) is 5.75 Å². The minimum atomic E-state index is -0.0354. The third kappa shape index (κ3) is 9.86. The van der Waals surface area contributed by atoms with E-state index in [1.807, 2.05) is 43.3 Å². The molecule has 0 heterocycles. The van der Waals surface area contributed by atoms with Crippen LogP contribution < -0.4 is 20.7 Å². The van der Waals surface area contributed by atoms with Crippen molar-refractivity contribution in [3.05, 3.63) is 59.2 Å². The zero-order valence-electron chi connectivity index (χ0n) is 19.7. The summed E-state index contributed by atoms with van der Waals surface area (Å²) in [5.41, 5.74) is 4.10. The second-order valence-electron chi connectivity index (χ2n) is 7.73. The molecule has 0 saturated carbocycles. The topological polar surface area (TPSA) is 78.0 Å². The number of carbonyl (C=O) groups is 1. The first kappa shape index (κ1) is 27.7. The fourth-order valence-corrected chi connectivity index (χ4v) is 2.99. The number of hydrogen-bond donors (Lipinski definition) is 3. The lowest BCUT2D eigenvalue weighted by atomic mass is 10.1. The van der Waals surface area contributed by atoms with Crippen LogP contribution in [-0.2, 0) is 17.9 Å². The van der Waals surface area contributed by atoms with Crippen LogP contribution in [0, 0.1) is 6.92 Å².